The second-order valence-electron chi connectivity index (χ2n) is 10.3. The first-order valence-electron chi connectivity index (χ1n) is 13.8. The Morgan fingerprint density at radius 1 is 1.12 bits per heavy atom. The van der Waals surface area contributed by atoms with Gasteiger partial charge in [-0.1, -0.05) is 54.8 Å². The molecule has 1 aliphatic rings. The number of amides is 1. The summed E-state index contributed by atoms with van der Waals surface area (Å²) < 4.78 is 6.68. The maximum atomic E-state index is 12.9. The summed E-state index contributed by atoms with van der Waals surface area (Å²) in [5.74, 6) is -0.136. The Morgan fingerprint density at radius 3 is 2.64 bits per heavy atom. The van der Waals surface area contributed by atoms with Gasteiger partial charge < -0.3 is 20.5 Å². The molecule has 11 heteroatoms. The minimum Gasteiger partial charge on any atom is -0.480 e. The number of ether oxygens (including phenoxy) is 1. The Bertz CT molecular complexity index is 1670. The van der Waals surface area contributed by atoms with Crippen molar-refractivity contribution in [1.29, 1.82) is 0 Å². The summed E-state index contributed by atoms with van der Waals surface area (Å²) in [6, 6.07) is 12.6. The molecule has 0 radical (unpaired) electrons. The zero-order chi connectivity index (χ0) is 29.8. The Kier molecular flexibility index (Phi) is 8.96. The van der Waals surface area contributed by atoms with Crippen LogP contribution in [0.15, 0.2) is 59.7 Å². The predicted octanol–water partition coefficient (Wildman–Crippen LogP) is 4.52. The fraction of sp³-hybridized carbons (Fsp3) is 0.323. The van der Waals surface area contributed by atoms with Crippen molar-refractivity contribution >= 4 is 23.2 Å². The van der Waals surface area contributed by atoms with Crippen LogP contribution >= 0.6 is 11.6 Å². The van der Waals surface area contributed by atoms with Crippen LogP contribution in [0.5, 0.6) is 5.88 Å². The molecule has 4 aromatic rings. The molecule has 0 bridgehead atoms. The Hall–Kier alpha value is -4.12. The molecular formula is C31H33ClN6O4. The SMILES string of the molecule is COc1nc(-c2cccc(-c3cccc(NC(=O)c4ccnn(C)c4=O)c3C)c2Cl)cnc1CN[C@@H]1CCCC[C@@H]1O. The van der Waals surface area contributed by atoms with Crippen molar-refractivity contribution in [2.45, 2.75) is 51.3 Å². The number of aliphatic hydroxyl groups is 1. The van der Waals surface area contributed by atoms with Gasteiger partial charge in [0.05, 0.1) is 30.1 Å². The summed E-state index contributed by atoms with van der Waals surface area (Å²) in [7, 11) is 3.04. The number of methoxy groups -OCH3 is 1. The Balaban J connectivity index is 1.41. The Morgan fingerprint density at radius 2 is 1.86 bits per heavy atom. The number of rotatable bonds is 8. The maximum absolute atomic E-state index is 12.9. The van der Waals surface area contributed by atoms with Crippen molar-refractivity contribution in [3.8, 4) is 28.3 Å². The molecule has 5 rings (SSSR count). The minimum atomic E-state index is -0.520. The number of hydrogen-bond acceptors (Lipinski definition) is 8. The molecule has 42 heavy (non-hydrogen) atoms. The molecule has 1 fully saturated rings. The molecule has 1 aliphatic carbocycles. The lowest BCUT2D eigenvalue weighted by Crippen LogP contribution is -2.41. The summed E-state index contributed by atoms with van der Waals surface area (Å²) in [5.41, 5.74) is 4.30. The third kappa shape index (κ3) is 6.06. The van der Waals surface area contributed by atoms with Crippen LogP contribution in [0.2, 0.25) is 5.02 Å². The van der Waals surface area contributed by atoms with Crippen LogP contribution in [0.3, 0.4) is 0 Å². The van der Waals surface area contributed by atoms with Crippen molar-refractivity contribution < 1.29 is 14.6 Å². The van der Waals surface area contributed by atoms with Gasteiger partial charge in [0.2, 0.25) is 5.88 Å². The second kappa shape index (κ2) is 12.8. The molecule has 0 saturated heterocycles. The van der Waals surface area contributed by atoms with Crippen LogP contribution in [0.25, 0.3) is 22.4 Å². The third-order valence-corrected chi connectivity index (χ3v) is 8.07. The lowest BCUT2D eigenvalue weighted by molar-refractivity contribution is 0.0899. The van der Waals surface area contributed by atoms with Crippen LogP contribution in [0.1, 0.15) is 47.3 Å². The standard InChI is InChI=1S/C31H33ClN6O4/c1-18-19(8-7-12-23(18)36-29(40)22-14-15-35-38(2)31(22)41)20-9-6-10-21(28(20)32)25-16-34-26(30(37-25)42-3)17-33-24-11-4-5-13-27(24)39/h6-10,12,14-16,24,27,33,39H,4-5,11,13,17H2,1-3H3,(H,36,40)/t24-,27+/m1/s1. The average Bonchev–Trinajstić information content (AvgIpc) is 2.99. The van der Waals surface area contributed by atoms with Gasteiger partial charge in [-0.2, -0.15) is 5.10 Å². The topological polar surface area (TPSA) is 131 Å². The fourth-order valence-electron chi connectivity index (χ4n) is 5.26. The highest BCUT2D eigenvalue weighted by Gasteiger charge is 2.23. The lowest BCUT2D eigenvalue weighted by atomic mass is 9.92. The number of hydrogen-bond donors (Lipinski definition) is 3. The number of nitrogens with zero attached hydrogens (tertiary/aromatic N) is 4. The van der Waals surface area contributed by atoms with E-state index >= 15 is 0 Å². The van der Waals surface area contributed by atoms with Gasteiger partial charge >= 0.3 is 0 Å². The first kappa shape index (κ1) is 29.4. The van der Waals surface area contributed by atoms with Crippen LogP contribution < -0.4 is 20.9 Å². The van der Waals surface area contributed by atoms with E-state index in [0.717, 1.165) is 47.1 Å². The monoisotopic (exact) mass is 588 g/mol. The number of aryl methyl sites for hydroxylation is 1. The number of nitrogens with one attached hydrogen (secondary N) is 2. The van der Waals surface area contributed by atoms with Crippen LogP contribution in [0.4, 0.5) is 5.69 Å². The maximum Gasteiger partial charge on any atom is 0.279 e. The molecule has 0 unspecified atom stereocenters. The number of aromatic nitrogens is 4. The van der Waals surface area contributed by atoms with Gasteiger partial charge in [-0.15, -0.1) is 0 Å². The molecule has 1 saturated carbocycles. The smallest absolute Gasteiger partial charge is 0.279 e. The molecule has 2 heterocycles. The first-order valence-corrected chi connectivity index (χ1v) is 14.2. The van der Waals surface area contributed by atoms with E-state index in [-0.39, 0.29) is 17.7 Å². The summed E-state index contributed by atoms with van der Waals surface area (Å²) in [4.78, 5) is 34.6. The van der Waals surface area contributed by atoms with Crippen LogP contribution in [0, 0.1) is 6.92 Å². The zero-order valence-electron chi connectivity index (χ0n) is 23.7. The van der Waals surface area contributed by atoms with Gasteiger partial charge in [-0.25, -0.2) is 9.67 Å². The largest absolute Gasteiger partial charge is 0.480 e. The number of anilines is 1. The van der Waals surface area contributed by atoms with Crippen molar-refractivity contribution in [2.24, 2.45) is 7.05 Å². The number of aliphatic hydroxyl groups excluding tert-OH is 1. The number of carbonyl (C=O) groups excluding carboxylic acids is 1. The molecular weight excluding hydrogens is 556 g/mol. The van der Waals surface area contributed by atoms with Crippen molar-refractivity contribution in [3.63, 3.8) is 0 Å². The third-order valence-electron chi connectivity index (χ3n) is 7.66. The molecule has 218 valence electrons. The van der Waals surface area contributed by atoms with E-state index in [0.29, 0.717) is 40.1 Å². The molecule has 0 aliphatic heterocycles. The normalized spacial score (nSPS) is 16.7. The highest BCUT2D eigenvalue weighted by atomic mass is 35.5. The van der Waals surface area contributed by atoms with E-state index in [4.69, 9.17) is 21.3 Å². The first-order chi connectivity index (χ1) is 20.3. The van der Waals surface area contributed by atoms with Gasteiger partial charge in [0.15, 0.2) is 0 Å². The van der Waals surface area contributed by atoms with Crippen molar-refractivity contribution in [1.82, 2.24) is 25.1 Å². The van der Waals surface area contributed by atoms with Gasteiger partial charge in [-0.05, 0) is 43.0 Å². The highest BCUT2D eigenvalue weighted by Crippen LogP contribution is 2.39. The average molecular weight is 589 g/mol. The van der Waals surface area contributed by atoms with E-state index in [9.17, 15) is 14.7 Å². The van der Waals surface area contributed by atoms with Crippen molar-refractivity contribution in [3.05, 3.63) is 87.1 Å². The molecule has 2 aromatic carbocycles. The highest BCUT2D eigenvalue weighted by molar-refractivity contribution is 6.36. The molecule has 10 nitrogen and oxygen atoms in total. The summed E-state index contributed by atoms with van der Waals surface area (Å²) in [6.45, 7) is 2.31. The molecule has 2 atom stereocenters. The summed E-state index contributed by atoms with van der Waals surface area (Å²) in [5, 5.41) is 20.9. The van der Waals surface area contributed by atoms with E-state index in [1.807, 2.05) is 37.3 Å². The van der Waals surface area contributed by atoms with Gasteiger partial charge in [0.25, 0.3) is 11.5 Å². The number of benzene rings is 2. The zero-order valence-corrected chi connectivity index (χ0v) is 24.5. The lowest BCUT2D eigenvalue weighted by Gasteiger charge is -2.28. The quantitative estimate of drug-likeness (QED) is 0.274. The number of carbonyl (C=O) groups is 1. The minimum absolute atomic E-state index is 0.00146. The van der Waals surface area contributed by atoms with E-state index in [1.54, 1.807) is 19.4 Å². The molecule has 1 amide bonds. The van der Waals surface area contributed by atoms with Gasteiger partial charge in [-0.3, -0.25) is 14.6 Å². The molecule has 3 N–H and O–H groups in total. The fourth-order valence-corrected chi connectivity index (χ4v) is 5.58. The van der Waals surface area contributed by atoms with E-state index < -0.39 is 11.5 Å². The molecule has 0 spiro atoms. The predicted molar refractivity (Wildman–Crippen MR) is 162 cm³/mol. The van der Waals surface area contributed by atoms with E-state index in [1.165, 1.54) is 19.3 Å². The van der Waals surface area contributed by atoms with E-state index in [2.05, 4.69) is 20.7 Å². The van der Waals surface area contributed by atoms with Gasteiger partial charge in [0, 0.05) is 42.6 Å². The Labute approximate surface area is 248 Å². The number of halogens is 1. The van der Waals surface area contributed by atoms with Crippen LogP contribution in [-0.2, 0) is 13.6 Å². The summed E-state index contributed by atoms with van der Waals surface area (Å²) >= 11 is 6.97. The summed E-state index contributed by atoms with van der Waals surface area (Å²) in [6.07, 6.45) is 6.56. The van der Waals surface area contributed by atoms with Crippen LogP contribution in [-0.4, -0.2) is 50.0 Å². The van der Waals surface area contributed by atoms with Gasteiger partial charge in [0.1, 0.15) is 11.3 Å². The molecule has 2 aromatic heterocycles. The van der Waals surface area contributed by atoms with Crippen molar-refractivity contribution in [2.75, 3.05) is 12.4 Å². The second-order valence-corrected chi connectivity index (χ2v) is 10.7.